The molecule has 1 aromatic carbocycles. The Morgan fingerprint density at radius 2 is 2.00 bits per heavy atom. The van der Waals surface area contributed by atoms with Crippen molar-refractivity contribution < 1.29 is 8.78 Å². The number of nitrogen functional groups attached to an aromatic ring is 1. The topological polar surface area (TPSA) is 63.8 Å². The van der Waals surface area contributed by atoms with E-state index >= 15 is 0 Å². The van der Waals surface area contributed by atoms with Crippen molar-refractivity contribution in [1.29, 1.82) is 0 Å². The van der Waals surface area contributed by atoms with Gasteiger partial charge in [-0.2, -0.15) is 4.98 Å². The molecule has 2 rings (SSSR count). The summed E-state index contributed by atoms with van der Waals surface area (Å²) >= 11 is 1.19. The molecule has 0 bridgehead atoms. The van der Waals surface area contributed by atoms with Crippen molar-refractivity contribution in [2.75, 3.05) is 17.6 Å². The van der Waals surface area contributed by atoms with E-state index in [0.717, 1.165) is 12.1 Å². The lowest BCUT2D eigenvalue weighted by atomic mass is 10.3. The molecule has 0 saturated carbocycles. The highest BCUT2D eigenvalue weighted by atomic mass is 32.2. The van der Waals surface area contributed by atoms with Crippen LogP contribution >= 0.6 is 11.8 Å². The number of hydrogen-bond acceptors (Lipinski definition) is 5. The maximum atomic E-state index is 13.1. The van der Waals surface area contributed by atoms with Crippen LogP contribution in [-0.4, -0.2) is 16.5 Å². The van der Waals surface area contributed by atoms with Crippen molar-refractivity contribution in [1.82, 2.24) is 9.97 Å². The molecule has 0 unspecified atom stereocenters. The van der Waals surface area contributed by atoms with Gasteiger partial charge in [0.15, 0.2) is 11.6 Å². The number of nitrogens with one attached hydrogen (secondary N) is 1. The summed E-state index contributed by atoms with van der Waals surface area (Å²) in [6.07, 6.45) is 0. The van der Waals surface area contributed by atoms with Gasteiger partial charge in [0, 0.05) is 17.5 Å². The van der Waals surface area contributed by atoms with Crippen molar-refractivity contribution in [3.63, 3.8) is 0 Å². The summed E-state index contributed by atoms with van der Waals surface area (Å²) in [5.74, 6) is -1.04. The van der Waals surface area contributed by atoms with Crippen LogP contribution in [0.2, 0.25) is 0 Å². The Kier molecular flexibility index (Phi) is 4.16. The van der Waals surface area contributed by atoms with Crippen LogP contribution in [0.4, 0.5) is 20.5 Å². The first-order chi connectivity index (χ1) is 9.08. The fourth-order valence-corrected chi connectivity index (χ4v) is 2.28. The third-order valence-corrected chi connectivity index (χ3v) is 3.10. The van der Waals surface area contributed by atoms with E-state index in [1.54, 1.807) is 6.07 Å². The third-order valence-electron chi connectivity index (χ3n) is 2.19. The minimum atomic E-state index is -0.890. The van der Waals surface area contributed by atoms with Crippen LogP contribution < -0.4 is 11.1 Å². The lowest BCUT2D eigenvalue weighted by Crippen LogP contribution is -2.03. The molecular formula is C12H12F2N4S. The number of halogens is 2. The number of benzene rings is 1. The van der Waals surface area contributed by atoms with E-state index in [1.807, 2.05) is 6.92 Å². The number of anilines is 2. The number of rotatable bonds is 4. The molecule has 0 spiro atoms. The number of nitrogens with zero attached hydrogens (tertiary/aromatic N) is 2. The van der Waals surface area contributed by atoms with Crippen LogP contribution in [0.25, 0.3) is 0 Å². The Hall–Kier alpha value is -1.89. The lowest BCUT2D eigenvalue weighted by Gasteiger charge is -2.06. The van der Waals surface area contributed by atoms with Crippen LogP contribution in [0.1, 0.15) is 6.92 Å². The van der Waals surface area contributed by atoms with E-state index in [2.05, 4.69) is 15.3 Å². The van der Waals surface area contributed by atoms with Gasteiger partial charge in [0.25, 0.3) is 0 Å². The molecule has 0 aliphatic carbocycles. The lowest BCUT2D eigenvalue weighted by molar-refractivity contribution is 0.506. The predicted octanol–water partition coefficient (Wildman–Crippen LogP) is 2.92. The third kappa shape index (κ3) is 3.54. The van der Waals surface area contributed by atoms with Gasteiger partial charge in [-0.05, 0) is 25.1 Å². The fourth-order valence-electron chi connectivity index (χ4n) is 1.43. The molecule has 1 heterocycles. The van der Waals surface area contributed by atoms with Crippen molar-refractivity contribution in [3.8, 4) is 0 Å². The molecule has 1 aromatic heterocycles. The zero-order chi connectivity index (χ0) is 13.8. The van der Waals surface area contributed by atoms with Gasteiger partial charge < -0.3 is 11.1 Å². The van der Waals surface area contributed by atoms with E-state index in [9.17, 15) is 8.78 Å². The van der Waals surface area contributed by atoms with Crippen molar-refractivity contribution in [2.45, 2.75) is 16.8 Å². The first kappa shape index (κ1) is 13.5. The highest BCUT2D eigenvalue weighted by Crippen LogP contribution is 2.28. The van der Waals surface area contributed by atoms with Gasteiger partial charge in [-0.3, -0.25) is 0 Å². The second kappa shape index (κ2) is 5.83. The van der Waals surface area contributed by atoms with Gasteiger partial charge in [-0.15, -0.1) is 0 Å². The van der Waals surface area contributed by atoms with E-state index in [1.165, 1.54) is 17.8 Å². The number of nitrogens with two attached hydrogens (primary N) is 1. The van der Waals surface area contributed by atoms with E-state index in [0.29, 0.717) is 22.3 Å². The molecule has 100 valence electrons. The molecular weight excluding hydrogens is 270 g/mol. The molecule has 0 aliphatic heterocycles. The van der Waals surface area contributed by atoms with Crippen molar-refractivity contribution in [2.24, 2.45) is 0 Å². The second-order valence-corrected chi connectivity index (χ2v) is 4.75. The molecule has 0 fully saturated rings. The zero-order valence-electron chi connectivity index (χ0n) is 10.2. The number of aromatic nitrogens is 2. The normalized spacial score (nSPS) is 10.5. The molecule has 0 amide bonds. The summed E-state index contributed by atoms with van der Waals surface area (Å²) in [4.78, 5) is 8.58. The second-order valence-electron chi connectivity index (χ2n) is 3.66. The van der Waals surface area contributed by atoms with Gasteiger partial charge in [-0.25, -0.2) is 13.8 Å². The van der Waals surface area contributed by atoms with E-state index in [-0.39, 0.29) is 5.95 Å². The molecule has 3 N–H and O–H groups in total. The summed E-state index contributed by atoms with van der Waals surface area (Å²) in [6.45, 7) is 2.63. The van der Waals surface area contributed by atoms with E-state index < -0.39 is 11.6 Å². The Labute approximate surface area is 113 Å². The summed E-state index contributed by atoms with van der Waals surface area (Å²) in [5.41, 5.74) is 5.59. The van der Waals surface area contributed by atoms with E-state index in [4.69, 9.17) is 5.73 Å². The van der Waals surface area contributed by atoms with Crippen LogP contribution in [0.5, 0.6) is 0 Å². The molecule has 19 heavy (non-hydrogen) atoms. The summed E-state index contributed by atoms with van der Waals surface area (Å²) in [6, 6.07) is 5.37. The highest BCUT2D eigenvalue weighted by Gasteiger charge is 2.07. The molecule has 0 radical (unpaired) electrons. The van der Waals surface area contributed by atoms with Crippen LogP contribution in [-0.2, 0) is 0 Å². The van der Waals surface area contributed by atoms with Gasteiger partial charge in [0.2, 0.25) is 5.95 Å². The fraction of sp³-hybridized carbons (Fsp3) is 0.167. The standard InChI is InChI=1S/C12H12F2N4S/c1-2-16-10-6-11(18-12(15)17-10)19-7-3-4-8(13)9(14)5-7/h3-6H,2H2,1H3,(H3,15,16,17,18). The zero-order valence-corrected chi connectivity index (χ0v) is 11.0. The molecule has 0 aliphatic rings. The predicted molar refractivity (Wildman–Crippen MR) is 71.1 cm³/mol. The van der Waals surface area contributed by atoms with Crippen LogP contribution in [0.15, 0.2) is 34.2 Å². The first-order valence-corrected chi connectivity index (χ1v) is 6.41. The average molecular weight is 282 g/mol. The smallest absolute Gasteiger partial charge is 0.223 e. The molecule has 0 atom stereocenters. The monoisotopic (exact) mass is 282 g/mol. The van der Waals surface area contributed by atoms with Crippen LogP contribution in [0, 0.1) is 11.6 Å². The van der Waals surface area contributed by atoms with Crippen molar-refractivity contribution >= 4 is 23.5 Å². The SMILES string of the molecule is CCNc1cc(Sc2ccc(F)c(F)c2)nc(N)n1. The quantitative estimate of drug-likeness (QED) is 0.844. The molecule has 7 heteroatoms. The average Bonchev–Trinajstić information content (AvgIpc) is 2.33. The first-order valence-electron chi connectivity index (χ1n) is 5.60. The van der Waals surface area contributed by atoms with Gasteiger partial charge in [-0.1, -0.05) is 11.8 Å². The summed E-state index contributed by atoms with van der Waals surface area (Å²) in [5, 5.41) is 3.58. The molecule has 0 saturated heterocycles. The van der Waals surface area contributed by atoms with Gasteiger partial charge in [0.1, 0.15) is 10.8 Å². The Balaban J connectivity index is 2.24. The summed E-state index contributed by atoms with van der Waals surface area (Å²) < 4.78 is 25.9. The Morgan fingerprint density at radius 3 is 2.68 bits per heavy atom. The number of hydrogen-bond donors (Lipinski definition) is 2. The van der Waals surface area contributed by atoms with Crippen molar-refractivity contribution in [3.05, 3.63) is 35.9 Å². The highest BCUT2D eigenvalue weighted by molar-refractivity contribution is 7.99. The largest absolute Gasteiger partial charge is 0.370 e. The minimum absolute atomic E-state index is 0.128. The van der Waals surface area contributed by atoms with Crippen LogP contribution in [0.3, 0.4) is 0 Å². The molecule has 2 aromatic rings. The minimum Gasteiger partial charge on any atom is -0.370 e. The van der Waals surface area contributed by atoms with Gasteiger partial charge in [0.05, 0.1) is 0 Å². The molecule has 4 nitrogen and oxygen atoms in total. The Morgan fingerprint density at radius 1 is 1.21 bits per heavy atom. The summed E-state index contributed by atoms with van der Waals surface area (Å²) in [7, 11) is 0. The maximum Gasteiger partial charge on any atom is 0.223 e. The maximum absolute atomic E-state index is 13.1. The Bertz CT molecular complexity index is 592. The van der Waals surface area contributed by atoms with Gasteiger partial charge >= 0.3 is 0 Å².